The molecule has 0 spiro atoms. The van der Waals surface area contributed by atoms with Crippen molar-refractivity contribution in [1.82, 2.24) is 0 Å². The van der Waals surface area contributed by atoms with Crippen LogP contribution in [0, 0.1) is 11.8 Å². The van der Waals surface area contributed by atoms with Crippen LogP contribution in [0.4, 0.5) is 0 Å². The van der Waals surface area contributed by atoms with Gasteiger partial charge in [-0.1, -0.05) is 58.1 Å². The van der Waals surface area contributed by atoms with Gasteiger partial charge in [0.2, 0.25) is 0 Å². The molecule has 2 heteroatoms. The molecule has 1 nitrogen and oxygen atoms in total. The number of benzene rings is 2. The van der Waals surface area contributed by atoms with Gasteiger partial charge in [0, 0.05) is 16.5 Å². The van der Waals surface area contributed by atoms with Gasteiger partial charge in [-0.15, -0.1) is 0 Å². The normalized spacial score (nSPS) is 11.4. The Morgan fingerprint density at radius 2 is 1.67 bits per heavy atom. The second-order valence-corrected chi connectivity index (χ2v) is 4.85. The standard InChI is InChI=1S/C16H13BrO/c17-15-11-9-14(10-12-15)16(18)8-4-7-13-5-2-1-3-6-13/h1-3,5-6,9-12,16,18H,8H2. The minimum absolute atomic E-state index is 0.441. The summed E-state index contributed by atoms with van der Waals surface area (Å²) in [5, 5.41) is 9.97. The van der Waals surface area contributed by atoms with Crippen LogP contribution >= 0.6 is 15.9 Å². The zero-order valence-corrected chi connectivity index (χ0v) is 11.4. The molecular weight excluding hydrogens is 288 g/mol. The average molecular weight is 301 g/mol. The lowest BCUT2D eigenvalue weighted by Gasteiger charge is -2.06. The van der Waals surface area contributed by atoms with Crippen LogP contribution in [-0.2, 0) is 0 Å². The lowest BCUT2D eigenvalue weighted by molar-refractivity contribution is 0.184. The fraction of sp³-hybridized carbons (Fsp3) is 0.125. The molecule has 2 aromatic carbocycles. The minimum Gasteiger partial charge on any atom is -0.387 e. The summed E-state index contributed by atoms with van der Waals surface area (Å²) < 4.78 is 1.01. The van der Waals surface area contributed by atoms with Crippen molar-refractivity contribution in [3.8, 4) is 11.8 Å². The number of hydrogen-bond acceptors (Lipinski definition) is 1. The summed E-state index contributed by atoms with van der Waals surface area (Å²) in [6, 6.07) is 17.4. The van der Waals surface area contributed by atoms with E-state index in [1.165, 1.54) is 0 Å². The summed E-state index contributed by atoms with van der Waals surface area (Å²) in [7, 11) is 0. The van der Waals surface area contributed by atoms with Crippen LogP contribution in [-0.4, -0.2) is 5.11 Å². The van der Waals surface area contributed by atoms with Crippen molar-refractivity contribution in [2.24, 2.45) is 0 Å². The number of hydrogen-bond donors (Lipinski definition) is 1. The Labute approximate surface area is 116 Å². The van der Waals surface area contributed by atoms with Gasteiger partial charge in [0.05, 0.1) is 6.10 Å². The van der Waals surface area contributed by atoms with Crippen LogP contribution in [0.1, 0.15) is 23.7 Å². The summed E-state index contributed by atoms with van der Waals surface area (Å²) in [4.78, 5) is 0. The van der Waals surface area contributed by atoms with Crippen molar-refractivity contribution in [1.29, 1.82) is 0 Å². The van der Waals surface area contributed by atoms with Gasteiger partial charge in [0.15, 0.2) is 0 Å². The van der Waals surface area contributed by atoms with Crippen molar-refractivity contribution in [2.75, 3.05) is 0 Å². The van der Waals surface area contributed by atoms with Crippen LogP contribution in [0.3, 0.4) is 0 Å². The Kier molecular flexibility index (Phi) is 4.58. The number of rotatable bonds is 2. The molecule has 0 amide bonds. The Bertz CT molecular complexity index is 549. The Hall–Kier alpha value is -1.56. The molecule has 0 aliphatic heterocycles. The zero-order chi connectivity index (χ0) is 12.8. The molecule has 2 aromatic rings. The van der Waals surface area contributed by atoms with E-state index in [0.29, 0.717) is 6.42 Å². The summed E-state index contributed by atoms with van der Waals surface area (Å²) in [6.45, 7) is 0. The highest BCUT2D eigenvalue weighted by Gasteiger charge is 2.04. The molecule has 0 saturated carbocycles. The van der Waals surface area contributed by atoms with Gasteiger partial charge in [0.1, 0.15) is 0 Å². The van der Waals surface area contributed by atoms with Gasteiger partial charge >= 0.3 is 0 Å². The monoisotopic (exact) mass is 300 g/mol. The van der Waals surface area contributed by atoms with Gasteiger partial charge < -0.3 is 5.11 Å². The highest BCUT2D eigenvalue weighted by Crippen LogP contribution is 2.18. The van der Waals surface area contributed by atoms with Gasteiger partial charge in [-0.2, -0.15) is 0 Å². The molecule has 18 heavy (non-hydrogen) atoms. The largest absolute Gasteiger partial charge is 0.387 e. The van der Waals surface area contributed by atoms with E-state index in [1.807, 2.05) is 54.6 Å². The van der Waals surface area contributed by atoms with E-state index < -0.39 is 6.10 Å². The fourth-order valence-electron chi connectivity index (χ4n) is 1.57. The Balaban J connectivity index is 1.98. The van der Waals surface area contributed by atoms with Gasteiger partial charge in [0.25, 0.3) is 0 Å². The van der Waals surface area contributed by atoms with Crippen molar-refractivity contribution in [3.05, 3.63) is 70.2 Å². The third kappa shape index (κ3) is 3.73. The minimum atomic E-state index is -0.533. The van der Waals surface area contributed by atoms with Crippen molar-refractivity contribution in [2.45, 2.75) is 12.5 Å². The van der Waals surface area contributed by atoms with Gasteiger partial charge in [-0.3, -0.25) is 0 Å². The molecule has 0 aliphatic carbocycles. The molecular formula is C16H13BrO. The average Bonchev–Trinajstić information content (AvgIpc) is 2.40. The maximum atomic E-state index is 9.97. The van der Waals surface area contributed by atoms with Crippen LogP contribution in [0.5, 0.6) is 0 Å². The highest BCUT2D eigenvalue weighted by atomic mass is 79.9. The molecule has 0 aliphatic rings. The predicted molar refractivity (Wildman–Crippen MR) is 77.0 cm³/mol. The summed E-state index contributed by atoms with van der Waals surface area (Å²) >= 11 is 3.37. The van der Waals surface area contributed by atoms with E-state index in [0.717, 1.165) is 15.6 Å². The summed E-state index contributed by atoms with van der Waals surface area (Å²) in [6.07, 6.45) is -0.0920. The first-order valence-electron chi connectivity index (χ1n) is 5.73. The molecule has 0 fully saturated rings. The first-order chi connectivity index (χ1) is 8.75. The quantitative estimate of drug-likeness (QED) is 0.833. The van der Waals surface area contributed by atoms with Crippen LogP contribution < -0.4 is 0 Å². The number of halogens is 1. The van der Waals surface area contributed by atoms with Crippen molar-refractivity contribution < 1.29 is 5.11 Å². The molecule has 0 saturated heterocycles. The summed E-state index contributed by atoms with van der Waals surface area (Å²) in [5.74, 6) is 6.04. The van der Waals surface area contributed by atoms with E-state index >= 15 is 0 Å². The van der Waals surface area contributed by atoms with Crippen LogP contribution in [0.2, 0.25) is 0 Å². The third-order valence-corrected chi connectivity index (χ3v) is 3.09. The van der Waals surface area contributed by atoms with Gasteiger partial charge in [-0.05, 0) is 29.8 Å². The van der Waals surface area contributed by atoms with E-state index in [9.17, 15) is 5.11 Å². The molecule has 1 unspecified atom stereocenters. The lowest BCUT2D eigenvalue weighted by atomic mass is 10.1. The molecule has 1 N–H and O–H groups in total. The van der Waals surface area contributed by atoms with Crippen LogP contribution in [0.15, 0.2) is 59.1 Å². The fourth-order valence-corrected chi connectivity index (χ4v) is 1.84. The van der Waals surface area contributed by atoms with E-state index in [4.69, 9.17) is 0 Å². The SMILES string of the molecule is OC(CC#Cc1ccccc1)c1ccc(Br)cc1. The van der Waals surface area contributed by atoms with Crippen LogP contribution in [0.25, 0.3) is 0 Å². The zero-order valence-electron chi connectivity index (χ0n) is 9.81. The van der Waals surface area contributed by atoms with E-state index in [-0.39, 0.29) is 0 Å². The van der Waals surface area contributed by atoms with Crippen molar-refractivity contribution >= 4 is 15.9 Å². The van der Waals surface area contributed by atoms with E-state index in [2.05, 4.69) is 27.8 Å². The Morgan fingerprint density at radius 3 is 2.33 bits per heavy atom. The smallest absolute Gasteiger partial charge is 0.0899 e. The highest BCUT2D eigenvalue weighted by molar-refractivity contribution is 9.10. The van der Waals surface area contributed by atoms with Crippen molar-refractivity contribution in [3.63, 3.8) is 0 Å². The molecule has 0 radical (unpaired) electrons. The molecule has 0 bridgehead atoms. The maximum absolute atomic E-state index is 9.97. The second-order valence-electron chi connectivity index (χ2n) is 3.94. The first kappa shape index (κ1) is 12.9. The van der Waals surface area contributed by atoms with E-state index in [1.54, 1.807) is 0 Å². The number of aliphatic hydroxyl groups is 1. The molecule has 0 aromatic heterocycles. The second kappa shape index (κ2) is 6.39. The topological polar surface area (TPSA) is 20.2 Å². The number of aliphatic hydroxyl groups excluding tert-OH is 1. The Morgan fingerprint density at radius 1 is 1.00 bits per heavy atom. The molecule has 0 heterocycles. The summed E-state index contributed by atoms with van der Waals surface area (Å²) in [5.41, 5.74) is 1.86. The maximum Gasteiger partial charge on any atom is 0.0899 e. The molecule has 90 valence electrons. The first-order valence-corrected chi connectivity index (χ1v) is 6.52. The third-order valence-electron chi connectivity index (χ3n) is 2.56. The molecule has 1 atom stereocenters. The predicted octanol–water partition coefficient (Wildman–Crippen LogP) is 3.92. The van der Waals surface area contributed by atoms with Gasteiger partial charge in [-0.25, -0.2) is 0 Å². The molecule has 2 rings (SSSR count). The lowest BCUT2D eigenvalue weighted by Crippen LogP contribution is -1.95.